The van der Waals surface area contributed by atoms with E-state index in [-0.39, 0.29) is 0 Å². The van der Waals surface area contributed by atoms with Gasteiger partial charge in [0.25, 0.3) is 0 Å². The number of hydrogen-bond donors (Lipinski definition) is 0. The van der Waals surface area contributed by atoms with Crippen LogP contribution in [0, 0.1) is 10.8 Å². The minimum absolute atomic E-state index is 0.432. The zero-order chi connectivity index (χ0) is 20.4. The van der Waals surface area contributed by atoms with Crippen LogP contribution < -0.4 is 0 Å². The van der Waals surface area contributed by atoms with Crippen LogP contribution in [-0.4, -0.2) is 0 Å². The summed E-state index contributed by atoms with van der Waals surface area (Å²) < 4.78 is 0. The summed E-state index contributed by atoms with van der Waals surface area (Å²) in [5.74, 6) is 0. The highest BCUT2D eigenvalue weighted by Crippen LogP contribution is 2.41. The average molecular weight is 381 g/mol. The summed E-state index contributed by atoms with van der Waals surface area (Å²) in [5, 5.41) is 0. The van der Waals surface area contributed by atoms with Crippen molar-refractivity contribution in [3.8, 4) is 0 Å². The maximum atomic E-state index is 2.45. The van der Waals surface area contributed by atoms with Crippen molar-refractivity contribution >= 4 is 0 Å². The summed E-state index contributed by atoms with van der Waals surface area (Å²) in [5.41, 5.74) is 0.906. The molecule has 0 N–H and O–H groups in total. The first-order valence-corrected chi connectivity index (χ1v) is 12.8. The minimum Gasteiger partial charge on any atom is -0.0654 e. The van der Waals surface area contributed by atoms with Crippen LogP contribution in [0.15, 0.2) is 0 Å². The highest BCUT2D eigenvalue weighted by Gasteiger charge is 2.31. The third kappa shape index (κ3) is 16.6. The summed E-state index contributed by atoms with van der Waals surface area (Å²) in [6, 6.07) is 0. The van der Waals surface area contributed by atoms with Crippen LogP contribution in [0.5, 0.6) is 0 Å². The van der Waals surface area contributed by atoms with Crippen molar-refractivity contribution in [2.75, 3.05) is 0 Å². The average Bonchev–Trinajstić information content (AvgIpc) is 2.59. The second-order valence-electron chi connectivity index (χ2n) is 10.9. The van der Waals surface area contributed by atoms with Gasteiger partial charge in [-0.15, -0.1) is 0 Å². The Labute approximate surface area is 174 Å². The van der Waals surface area contributed by atoms with Crippen LogP contribution in [0.1, 0.15) is 164 Å². The van der Waals surface area contributed by atoms with E-state index in [1.807, 2.05) is 0 Å². The highest BCUT2D eigenvalue weighted by molar-refractivity contribution is 4.82. The largest absolute Gasteiger partial charge is 0.0654 e. The van der Waals surface area contributed by atoms with Gasteiger partial charge < -0.3 is 0 Å². The number of hydrogen-bond acceptors (Lipinski definition) is 0. The van der Waals surface area contributed by atoms with Crippen LogP contribution >= 0.6 is 0 Å². The van der Waals surface area contributed by atoms with Crippen molar-refractivity contribution in [3.63, 3.8) is 0 Å². The Morgan fingerprint density at radius 2 is 0.630 bits per heavy atom. The molecule has 0 heteroatoms. The summed E-state index contributed by atoms with van der Waals surface area (Å²) in [6.45, 7) is 14.4. The molecule has 0 fully saturated rings. The van der Waals surface area contributed by atoms with Crippen molar-refractivity contribution in [1.82, 2.24) is 0 Å². The molecule has 0 bridgehead atoms. The molecule has 0 nitrogen and oxygen atoms in total. The number of rotatable bonds is 19. The molecule has 0 aliphatic carbocycles. The molecule has 164 valence electrons. The van der Waals surface area contributed by atoms with E-state index in [0.29, 0.717) is 10.8 Å². The lowest BCUT2D eigenvalue weighted by Gasteiger charge is -2.39. The van der Waals surface area contributed by atoms with E-state index in [0.717, 1.165) is 0 Å². The fraction of sp³-hybridized carbons (Fsp3) is 1.00. The topological polar surface area (TPSA) is 0 Å². The van der Waals surface area contributed by atoms with E-state index in [9.17, 15) is 0 Å². The van der Waals surface area contributed by atoms with E-state index < -0.39 is 0 Å². The fourth-order valence-electron chi connectivity index (χ4n) is 3.84. The Balaban J connectivity index is 3.19. The standard InChI is InChI=1S/C27H56/c1-7-8-9-10-11-12-13-14-15-16-17-18-19-20-21-22-23-24-25-27(5,6)26(2,3)4/h7-25H2,1-6H3. The molecule has 0 aromatic rings. The molecule has 0 aromatic carbocycles. The predicted octanol–water partition coefficient (Wildman–Crippen LogP) is 10.5. The molecule has 0 aromatic heterocycles. The normalized spacial score (nSPS) is 12.7. The van der Waals surface area contributed by atoms with Crippen LogP contribution in [0.25, 0.3) is 0 Å². The smallest absolute Gasteiger partial charge is 0.0306 e. The summed E-state index contributed by atoms with van der Waals surface area (Å²) >= 11 is 0. The highest BCUT2D eigenvalue weighted by atomic mass is 14.4. The fourth-order valence-corrected chi connectivity index (χ4v) is 3.84. The third-order valence-electron chi connectivity index (χ3n) is 7.19. The van der Waals surface area contributed by atoms with Crippen LogP contribution in [0.2, 0.25) is 0 Å². The van der Waals surface area contributed by atoms with E-state index in [4.69, 9.17) is 0 Å². The molecular formula is C27H56. The molecule has 0 saturated carbocycles. The first-order chi connectivity index (χ1) is 12.8. The van der Waals surface area contributed by atoms with Crippen LogP contribution in [-0.2, 0) is 0 Å². The van der Waals surface area contributed by atoms with Gasteiger partial charge in [0.15, 0.2) is 0 Å². The lowest BCUT2D eigenvalue weighted by atomic mass is 9.67. The van der Waals surface area contributed by atoms with Gasteiger partial charge in [-0.05, 0) is 17.3 Å². The molecule has 0 rings (SSSR count). The lowest BCUT2D eigenvalue weighted by Crippen LogP contribution is -2.29. The maximum Gasteiger partial charge on any atom is -0.0306 e. The van der Waals surface area contributed by atoms with E-state index in [1.54, 1.807) is 0 Å². The molecule has 0 radical (unpaired) electrons. The Morgan fingerprint density at radius 3 is 0.889 bits per heavy atom. The Bertz CT molecular complexity index is 294. The molecular weight excluding hydrogens is 324 g/mol. The maximum absolute atomic E-state index is 2.45. The van der Waals surface area contributed by atoms with Crippen molar-refractivity contribution in [3.05, 3.63) is 0 Å². The monoisotopic (exact) mass is 380 g/mol. The number of unbranched alkanes of at least 4 members (excludes halogenated alkanes) is 17. The molecule has 0 spiro atoms. The van der Waals surface area contributed by atoms with E-state index >= 15 is 0 Å². The van der Waals surface area contributed by atoms with Gasteiger partial charge in [0.05, 0.1) is 0 Å². The second-order valence-corrected chi connectivity index (χ2v) is 10.9. The van der Waals surface area contributed by atoms with Gasteiger partial charge in [0.2, 0.25) is 0 Å². The van der Waals surface area contributed by atoms with Gasteiger partial charge in [-0.1, -0.05) is 157 Å². The van der Waals surface area contributed by atoms with Crippen molar-refractivity contribution in [1.29, 1.82) is 0 Å². The quantitative estimate of drug-likeness (QED) is 0.195. The third-order valence-corrected chi connectivity index (χ3v) is 7.19. The summed E-state index contributed by atoms with van der Waals surface area (Å²) in [7, 11) is 0. The van der Waals surface area contributed by atoms with Gasteiger partial charge in [0, 0.05) is 0 Å². The summed E-state index contributed by atoms with van der Waals surface area (Å²) in [6.07, 6.45) is 27.7. The Hall–Kier alpha value is 0. The van der Waals surface area contributed by atoms with Crippen LogP contribution in [0.3, 0.4) is 0 Å². The molecule has 0 saturated heterocycles. The SMILES string of the molecule is CCCCCCCCCCCCCCCCCCCCC(C)(C)C(C)(C)C. The first kappa shape index (κ1) is 27.0. The van der Waals surface area contributed by atoms with E-state index in [2.05, 4.69) is 41.5 Å². The van der Waals surface area contributed by atoms with Gasteiger partial charge in [-0.3, -0.25) is 0 Å². The molecule has 0 amide bonds. The van der Waals surface area contributed by atoms with Gasteiger partial charge in [-0.25, -0.2) is 0 Å². The Kier molecular flexibility index (Phi) is 16.9. The lowest BCUT2D eigenvalue weighted by molar-refractivity contribution is 0.115. The van der Waals surface area contributed by atoms with Crippen molar-refractivity contribution in [2.45, 2.75) is 164 Å². The molecule has 0 unspecified atom stereocenters. The van der Waals surface area contributed by atoms with Crippen LogP contribution in [0.4, 0.5) is 0 Å². The second kappa shape index (κ2) is 16.9. The van der Waals surface area contributed by atoms with Gasteiger partial charge >= 0.3 is 0 Å². The zero-order valence-corrected chi connectivity index (χ0v) is 20.4. The van der Waals surface area contributed by atoms with Gasteiger partial charge in [-0.2, -0.15) is 0 Å². The van der Waals surface area contributed by atoms with E-state index in [1.165, 1.54) is 122 Å². The summed E-state index contributed by atoms with van der Waals surface area (Å²) in [4.78, 5) is 0. The molecule has 0 heterocycles. The predicted molar refractivity (Wildman–Crippen MR) is 127 cm³/mol. The molecule has 0 aliphatic rings. The molecule has 0 aliphatic heterocycles. The molecule has 27 heavy (non-hydrogen) atoms. The van der Waals surface area contributed by atoms with Crippen molar-refractivity contribution in [2.24, 2.45) is 10.8 Å². The zero-order valence-electron chi connectivity index (χ0n) is 20.4. The first-order valence-electron chi connectivity index (χ1n) is 12.8. The molecule has 0 atom stereocenters. The van der Waals surface area contributed by atoms with Crippen molar-refractivity contribution < 1.29 is 0 Å². The van der Waals surface area contributed by atoms with Gasteiger partial charge in [0.1, 0.15) is 0 Å². The Morgan fingerprint density at radius 1 is 0.370 bits per heavy atom. The minimum atomic E-state index is 0.432.